The van der Waals surface area contributed by atoms with E-state index in [9.17, 15) is 0 Å². The lowest BCUT2D eigenvalue weighted by atomic mass is 9.81. The van der Waals surface area contributed by atoms with Gasteiger partial charge in [-0.05, 0) is 33.7 Å². The van der Waals surface area contributed by atoms with Crippen molar-refractivity contribution in [3.05, 3.63) is 16.1 Å². The van der Waals surface area contributed by atoms with Gasteiger partial charge in [0.2, 0.25) is 0 Å². The zero-order chi connectivity index (χ0) is 12.5. The fourth-order valence-corrected chi connectivity index (χ4v) is 3.69. The summed E-state index contributed by atoms with van der Waals surface area (Å²) < 4.78 is 5.83. The van der Waals surface area contributed by atoms with E-state index < -0.39 is 0 Å². The van der Waals surface area contributed by atoms with Crippen LogP contribution in [0.1, 0.15) is 44.3 Å². The number of aromatic nitrogens is 1. The van der Waals surface area contributed by atoms with E-state index in [1.54, 1.807) is 11.3 Å². The van der Waals surface area contributed by atoms with Crippen molar-refractivity contribution < 1.29 is 4.74 Å². The lowest BCUT2D eigenvalue weighted by Gasteiger charge is -2.44. The summed E-state index contributed by atoms with van der Waals surface area (Å²) in [7, 11) is 0. The molecule has 96 valence electrons. The number of nitrogens with zero attached hydrogens (tertiary/aromatic N) is 1. The molecule has 0 amide bonds. The summed E-state index contributed by atoms with van der Waals surface area (Å²) in [4.78, 5) is 4.69. The molecule has 1 N–H and O–H groups in total. The quantitative estimate of drug-likeness (QED) is 0.900. The van der Waals surface area contributed by atoms with Crippen LogP contribution in [0.4, 0.5) is 0 Å². The molecule has 2 rings (SSSR count). The fraction of sp³-hybridized carbons (Fsp3) is 0.769. The molecule has 1 aromatic heterocycles. The molecule has 1 atom stereocenters. The third-order valence-electron chi connectivity index (χ3n) is 3.29. The monoisotopic (exact) mass is 254 g/mol. The third kappa shape index (κ3) is 2.69. The van der Waals surface area contributed by atoms with Gasteiger partial charge in [-0.15, -0.1) is 11.3 Å². The summed E-state index contributed by atoms with van der Waals surface area (Å²) >= 11 is 1.77. The molecule has 0 aromatic carbocycles. The van der Waals surface area contributed by atoms with Crippen LogP contribution in [-0.2, 0) is 10.3 Å². The molecule has 17 heavy (non-hydrogen) atoms. The average Bonchev–Trinajstić information content (AvgIpc) is 2.64. The number of hydrogen-bond acceptors (Lipinski definition) is 4. The maximum Gasteiger partial charge on any atom is 0.113 e. The summed E-state index contributed by atoms with van der Waals surface area (Å²) in [5, 5.41) is 7.00. The first-order valence-electron chi connectivity index (χ1n) is 6.29. The molecule has 1 aliphatic heterocycles. The molecule has 1 saturated heterocycles. The molecule has 0 spiro atoms. The highest BCUT2D eigenvalue weighted by molar-refractivity contribution is 7.09. The van der Waals surface area contributed by atoms with E-state index in [2.05, 4.69) is 38.4 Å². The predicted octanol–water partition coefficient (Wildman–Crippen LogP) is 2.85. The second kappa shape index (κ2) is 4.67. The normalized spacial score (nSPS) is 28.2. The molecular formula is C13H22N2OS. The first-order valence-corrected chi connectivity index (χ1v) is 7.17. The SMILES string of the molecule is CCNC1(c2nc(C)cs2)CCOC(C)(C)C1. The first kappa shape index (κ1) is 13.0. The van der Waals surface area contributed by atoms with Crippen molar-refractivity contribution >= 4 is 11.3 Å². The summed E-state index contributed by atoms with van der Waals surface area (Å²) in [5.74, 6) is 0. The van der Waals surface area contributed by atoms with Crippen LogP contribution in [0.3, 0.4) is 0 Å². The number of nitrogens with one attached hydrogen (secondary N) is 1. The smallest absolute Gasteiger partial charge is 0.113 e. The first-order chi connectivity index (χ1) is 7.97. The zero-order valence-corrected chi connectivity index (χ0v) is 12.0. The maximum absolute atomic E-state index is 5.83. The van der Waals surface area contributed by atoms with Crippen LogP contribution in [0, 0.1) is 6.92 Å². The molecule has 1 unspecified atom stereocenters. The molecule has 4 heteroatoms. The Hall–Kier alpha value is -0.450. The van der Waals surface area contributed by atoms with E-state index in [1.807, 2.05) is 0 Å². The Balaban J connectivity index is 2.32. The summed E-state index contributed by atoms with van der Waals surface area (Å²) in [6, 6.07) is 0. The van der Waals surface area contributed by atoms with E-state index >= 15 is 0 Å². The largest absolute Gasteiger partial charge is 0.375 e. The molecule has 3 nitrogen and oxygen atoms in total. The van der Waals surface area contributed by atoms with Gasteiger partial charge in [0.25, 0.3) is 0 Å². The number of hydrogen-bond donors (Lipinski definition) is 1. The Kier molecular flexibility index (Phi) is 3.57. The van der Waals surface area contributed by atoms with Crippen molar-refractivity contribution in [1.29, 1.82) is 0 Å². The summed E-state index contributed by atoms with van der Waals surface area (Å²) in [5.41, 5.74) is 1.06. The van der Waals surface area contributed by atoms with Crippen LogP contribution < -0.4 is 5.32 Å². The third-order valence-corrected chi connectivity index (χ3v) is 4.46. The highest BCUT2D eigenvalue weighted by atomic mass is 32.1. The predicted molar refractivity (Wildman–Crippen MR) is 71.5 cm³/mol. The topological polar surface area (TPSA) is 34.2 Å². The van der Waals surface area contributed by atoms with Gasteiger partial charge in [-0.25, -0.2) is 4.98 Å². The highest BCUT2D eigenvalue weighted by Gasteiger charge is 2.43. The molecule has 0 radical (unpaired) electrons. The van der Waals surface area contributed by atoms with E-state index in [1.165, 1.54) is 5.01 Å². The molecule has 0 bridgehead atoms. The summed E-state index contributed by atoms with van der Waals surface area (Å²) in [6.07, 6.45) is 2.00. The molecule has 1 fully saturated rings. The van der Waals surface area contributed by atoms with E-state index in [-0.39, 0.29) is 11.1 Å². The van der Waals surface area contributed by atoms with Crippen LogP contribution >= 0.6 is 11.3 Å². The zero-order valence-electron chi connectivity index (χ0n) is 11.2. The minimum atomic E-state index is -0.0694. The Morgan fingerprint density at radius 1 is 1.53 bits per heavy atom. The van der Waals surface area contributed by atoms with E-state index in [0.717, 1.165) is 31.7 Å². The average molecular weight is 254 g/mol. The lowest BCUT2D eigenvalue weighted by Crippen LogP contribution is -2.52. The van der Waals surface area contributed by atoms with Gasteiger partial charge in [-0.1, -0.05) is 6.92 Å². The second-order valence-electron chi connectivity index (χ2n) is 5.44. The standard InChI is InChI=1S/C13H22N2OS/c1-5-14-13(11-15-10(2)8-17-11)6-7-16-12(3,4)9-13/h8,14H,5-7,9H2,1-4H3. The van der Waals surface area contributed by atoms with Gasteiger partial charge >= 0.3 is 0 Å². The molecule has 1 aromatic rings. The van der Waals surface area contributed by atoms with Gasteiger partial charge in [0.15, 0.2) is 0 Å². The Labute approximate surface area is 108 Å². The molecule has 2 heterocycles. The fourth-order valence-electron chi connectivity index (χ4n) is 2.69. The van der Waals surface area contributed by atoms with Crippen molar-refractivity contribution in [2.75, 3.05) is 13.2 Å². The minimum Gasteiger partial charge on any atom is -0.375 e. The van der Waals surface area contributed by atoms with Crippen LogP contribution in [0.25, 0.3) is 0 Å². The van der Waals surface area contributed by atoms with E-state index in [4.69, 9.17) is 9.72 Å². The van der Waals surface area contributed by atoms with Crippen LogP contribution in [0.5, 0.6) is 0 Å². The molecule has 0 saturated carbocycles. The Morgan fingerprint density at radius 3 is 2.82 bits per heavy atom. The van der Waals surface area contributed by atoms with Gasteiger partial charge in [0.1, 0.15) is 5.01 Å². The molecule has 0 aliphatic carbocycles. The van der Waals surface area contributed by atoms with Gasteiger partial charge in [-0.3, -0.25) is 0 Å². The van der Waals surface area contributed by atoms with Gasteiger partial charge in [-0.2, -0.15) is 0 Å². The van der Waals surface area contributed by atoms with Crippen LogP contribution in [0.2, 0.25) is 0 Å². The second-order valence-corrected chi connectivity index (χ2v) is 6.30. The van der Waals surface area contributed by atoms with Crippen molar-refractivity contribution in [3.63, 3.8) is 0 Å². The Morgan fingerprint density at radius 2 is 2.29 bits per heavy atom. The number of rotatable bonds is 3. The van der Waals surface area contributed by atoms with Gasteiger partial charge in [0.05, 0.1) is 11.1 Å². The van der Waals surface area contributed by atoms with Gasteiger partial charge < -0.3 is 10.1 Å². The van der Waals surface area contributed by atoms with Crippen LogP contribution in [0.15, 0.2) is 5.38 Å². The summed E-state index contributed by atoms with van der Waals surface area (Å²) in [6.45, 7) is 10.3. The number of thiazole rings is 1. The van der Waals surface area contributed by atoms with Crippen molar-refractivity contribution in [2.45, 2.75) is 51.7 Å². The minimum absolute atomic E-state index is 0.00935. The van der Waals surface area contributed by atoms with Gasteiger partial charge in [0, 0.05) is 24.1 Å². The van der Waals surface area contributed by atoms with Crippen molar-refractivity contribution in [1.82, 2.24) is 10.3 Å². The highest BCUT2D eigenvalue weighted by Crippen LogP contribution is 2.40. The molecular weight excluding hydrogens is 232 g/mol. The Bertz CT molecular complexity index is 385. The maximum atomic E-state index is 5.83. The number of aryl methyl sites for hydroxylation is 1. The van der Waals surface area contributed by atoms with Crippen molar-refractivity contribution in [2.24, 2.45) is 0 Å². The van der Waals surface area contributed by atoms with Crippen LogP contribution in [-0.4, -0.2) is 23.7 Å². The molecule has 1 aliphatic rings. The van der Waals surface area contributed by atoms with Crippen molar-refractivity contribution in [3.8, 4) is 0 Å². The lowest BCUT2D eigenvalue weighted by molar-refractivity contribution is -0.0895. The number of ether oxygens (including phenoxy) is 1. The van der Waals surface area contributed by atoms with E-state index in [0.29, 0.717) is 0 Å².